The van der Waals surface area contributed by atoms with Gasteiger partial charge in [0.15, 0.2) is 0 Å². The molecule has 1 saturated carbocycles. The molecule has 1 N–H and O–H groups in total. The highest BCUT2D eigenvalue weighted by Crippen LogP contribution is 2.41. The van der Waals surface area contributed by atoms with Crippen LogP contribution in [0.1, 0.15) is 69.7 Å². The summed E-state index contributed by atoms with van der Waals surface area (Å²) in [5, 5.41) is 3.45. The van der Waals surface area contributed by atoms with Crippen LogP contribution in [0.15, 0.2) is 0 Å². The van der Waals surface area contributed by atoms with Gasteiger partial charge in [0.05, 0.1) is 5.69 Å². The summed E-state index contributed by atoms with van der Waals surface area (Å²) < 4.78 is 2.62. The van der Waals surface area contributed by atoms with Gasteiger partial charge in [-0.3, -0.25) is 0 Å². The number of hydrogen-bond acceptors (Lipinski definition) is 2. The average molecular weight is 261 g/mol. The third-order valence-electron chi connectivity index (χ3n) is 4.99. The summed E-state index contributed by atoms with van der Waals surface area (Å²) in [5.74, 6) is 1.32. The Balaban J connectivity index is 1.89. The summed E-state index contributed by atoms with van der Waals surface area (Å²) in [5.41, 5.74) is 3.39. The van der Waals surface area contributed by atoms with Crippen molar-refractivity contribution in [3.05, 3.63) is 17.2 Å². The van der Waals surface area contributed by atoms with Gasteiger partial charge in [-0.25, -0.2) is 4.98 Å². The zero-order valence-corrected chi connectivity index (χ0v) is 12.6. The Morgan fingerprint density at radius 2 is 2.05 bits per heavy atom. The molecule has 0 radical (unpaired) electrons. The van der Waals surface area contributed by atoms with Gasteiger partial charge in [-0.05, 0) is 31.1 Å². The van der Waals surface area contributed by atoms with Crippen LogP contribution in [0, 0.1) is 5.41 Å². The number of nitrogens with zero attached hydrogens (tertiary/aromatic N) is 2. The quantitative estimate of drug-likeness (QED) is 0.886. The van der Waals surface area contributed by atoms with Crippen LogP contribution in [0.3, 0.4) is 0 Å². The topological polar surface area (TPSA) is 29.9 Å². The molecule has 1 aromatic heterocycles. The number of nitrogens with one attached hydrogen (secondary N) is 1. The van der Waals surface area contributed by atoms with Crippen LogP contribution in [-0.2, 0) is 19.4 Å². The van der Waals surface area contributed by atoms with Crippen LogP contribution in [0.25, 0.3) is 0 Å². The highest BCUT2D eigenvalue weighted by molar-refractivity contribution is 5.21. The standard InChI is InChI=1S/C16H27N3/c1-4-15-18-13-11-17-10-7-14(13)19(15)12-5-8-16(2,3)9-6-12/h12,17H,4-11H2,1-3H3. The fourth-order valence-electron chi connectivity index (χ4n) is 3.71. The van der Waals surface area contributed by atoms with E-state index in [9.17, 15) is 0 Å². The van der Waals surface area contributed by atoms with E-state index in [2.05, 4.69) is 30.7 Å². The summed E-state index contributed by atoms with van der Waals surface area (Å²) >= 11 is 0. The lowest BCUT2D eigenvalue weighted by molar-refractivity contribution is 0.189. The van der Waals surface area contributed by atoms with E-state index < -0.39 is 0 Å². The molecule has 106 valence electrons. The SMILES string of the molecule is CCc1nc2c(n1C1CCC(C)(C)CC1)CCNC2. The first-order valence-corrected chi connectivity index (χ1v) is 7.90. The number of aryl methyl sites for hydroxylation is 1. The minimum absolute atomic E-state index is 0.547. The van der Waals surface area contributed by atoms with Crippen LogP contribution in [-0.4, -0.2) is 16.1 Å². The molecule has 0 bridgehead atoms. The highest BCUT2D eigenvalue weighted by atomic mass is 15.1. The van der Waals surface area contributed by atoms with E-state index >= 15 is 0 Å². The molecule has 0 atom stereocenters. The minimum Gasteiger partial charge on any atom is -0.329 e. The molecule has 3 nitrogen and oxygen atoms in total. The van der Waals surface area contributed by atoms with Crippen LogP contribution < -0.4 is 5.32 Å². The van der Waals surface area contributed by atoms with Crippen molar-refractivity contribution in [2.24, 2.45) is 5.41 Å². The molecular formula is C16H27N3. The second-order valence-electron chi connectivity index (χ2n) is 6.97. The zero-order valence-electron chi connectivity index (χ0n) is 12.6. The Hall–Kier alpha value is -0.830. The Bertz CT molecular complexity index is 449. The van der Waals surface area contributed by atoms with Gasteiger partial charge in [-0.2, -0.15) is 0 Å². The summed E-state index contributed by atoms with van der Waals surface area (Å²) in [6.07, 6.45) is 7.58. The number of fused-ring (bicyclic) bond motifs is 1. The monoisotopic (exact) mass is 261 g/mol. The van der Waals surface area contributed by atoms with Crippen LogP contribution in [0.5, 0.6) is 0 Å². The second kappa shape index (κ2) is 4.93. The predicted octanol–water partition coefficient (Wildman–Crippen LogP) is 3.23. The van der Waals surface area contributed by atoms with E-state index in [0.717, 1.165) is 25.9 Å². The van der Waals surface area contributed by atoms with Gasteiger partial charge < -0.3 is 9.88 Å². The molecule has 0 amide bonds. The van der Waals surface area contributed by atoms with Crippen molar-refractivity contribution >= 4 is 0 Å². The summed E-state index contributed by atoms with van der Waals surface area (Å²) in [6, 6.07) is 0.706. The van der Waals surface area contributed by atoms with E-state index in [1.807, 2.05) is 0 Å². The Labute approximate surface area is 116 Å². The van der Waals surface area contributed by atoms with E-state index in [0.29, 0.717) is 11.5 Å². The van der Waals surface area contributed by atoms with Crippen molar-refractivity contribution in [3.63, 3.8) is 0 Å². The largest absolute Gasteiger partial charge is 0.329 e. The molecule has 0 spiro atoms. The van der Waals surface area contributed by atoms with Crippen LogP contribution in [0.4, 0.5) is 0 Å². The van der Waals surface area contributed by atoms with Crippen molar-refractivity contribution in [2.75, 3.05) is 6.54 Å². The fraction of sp³-hybridized carbons (Fsp3) is 0.812. The normalized spacial score (nSPS) is 23.3. The molecule has 1 aliphatic heterocycles. The van der Waals surface area contributed by atoms with Crippen molar-refractivity contribution in [1.29, 1.82) is 0 Å². The maximum atomic E-state index is 4.88. The molecule has 0 saturated heterocycles. The first-order valence-electron chi connectivity index (χ1n) is 7.90. The lowest BCUT2D eigenvalue weighted by atomic mass is 9.75. The fourth-order valence-corrected chi connectivity index (χ4v) is 3.71. The molecule has 3 heteroatoms. The van der Waals surface area contributed by atoms with Gasteiger partial charge >= 0.3 is 0 Å². The van der Waals surface area contributed by atoms with Crippen LogP contribution in [0.2, 0.25) is 0 Å². The molecule has 2 heterocycles. The minimum atomic E-state index is 0.547. The maximum Gasteiger partial charge on any atom is 0.109 e. The maximum absolute atomic E-state index is 4.88. The molecule has 1 fully saturated rings. The molecule has 0 unspecified atom stereocenters. The third kappa shape index (κ3) is 2.45. The smallest absolute Gasteiger partial charge is 0.109 e. The Kier molecular flexibility index (Phi) is 3.42. The second-order valence-corrected chi connectivity index (χ2v) is 6.97. The van der Waals surface area contributed by atoms with Gasteiger partial charge in [0.1, 0.15) is 5.82 Å². The van der Waals surface area contributed by atoms with Gasteiger partial charge in [0.2, 0.25) is 0 Å². The molecule has 2 aliphatic rings. The van der Waals surface area contributed by atoms with Crippen molar-refractivity contribution in [2.45, 2.75) is 71.9 Å². The van der Waals surface area contributed by atoms with Gasteiger partial charge in [-0.1, -0.05) is 20.8 Å². The van der Waals surface area contributed by atoms with E-state index in [1.165, 1.54) is 42.9 Å². The predicted molar refractivity (Wildman–Crippen MR) is 78.3 cm³/mol. The molecule has 1 aliphatic carbocycles. The Morgan fingerprint density at radius 3 is 2.74 bits per heavy atom. The number of rotatable bonds is 2. The van der Waals surface area contributed by atoms with Crippen molar-refractivity contribution < 1.29 is 0 Å². The first-order chi connectivity index (χ1) is 9.11. The molecule has 1 aromatic rings. The summed E-state index contributed by atoms with van der Waals surface area (Å²) in [6.45, 7) is 9.15. The average Bonchev–Trinajstić information content (AvgIpc) is 2.77. The lowest BCUT2D eigenvalue weighted by Gasteiger charge is -2.36. The van der Waals surface area contributed by atoms with Gasteiger partial charge in [-0.15, -0.1) is 0 Å². The third-order valence-corrected chi connectivity index (χ3v) is 4.99. The lowest BCUT2D eigenvalue weighted by Crippen LogP contribution is -2.29. The van der Waals surface area contributed by atoms with Gasteiger partial charge in [0.25, 0.3) is 0 Å². The number of aromatic nitrogens is 2. The molecule has 3 rings (SSSR count). The summed E-state index contributed by atoms with van der Waals surface area (Å²) in [7, 11) is 0. The van der Waals surface area contributed by atoms with E-state index in [1.54, 1.807) is 0 Å². The number of hydrogen-bond donors (Lipinski definition) is 1. The van der Waals surface area contributed by atoms with E-state index in [4.69, 9.17) is 4.98 Å². The zero-order chi connectivity index (χ0) is 13.5. The number of imidazole rings is 1. The van der Waals surface area contributed by atoms with Crippen LogP contribution >= 0.6 is 0 Å². The highest BCUT2D eigenvalue weighted by Gasteiger charge is 2.31. The summed E-state index contributed by atoms with van der Waals surface area (Å²) in [4.78, 5) is 4.88. The molecule has 0 aromatic carbocycles. The van der Waals surface area contributed by atoms with Gasteiger partial charge in [0, 0.05) is 37.7 Å². The van der Waals surface area contributed by atoms with E-state index in [-0.39, 0.29) is 0 Å². The Morgan fingerprint density at radius 1 is 1.32 bits per heavy atom. The first kappa shape index (κ1) is 13.2. The van der Waals surface area contributed by atoms with Crippen molar-refractivity contribution in [3.8, 4) is 0 Å². The van der Waals surface area contributed by atoms with Crippen molar-refractivity contribution in [1.82, 2.24) is 14.9 Å². The molecular weight excluding hydrogens is 234 g/mol. The molecule has 19 heavy (non-hydrogen) atoms.